The Bertz CT molecular complexity index is 1110. The molecule has 0 aliphatic carbocycles. The number of anilines is 1. The standard InChI is InChI=1S/C21H18N2O2S/c1-13-19(18-7-5-11-26-18)16-6-3-4-10-23(16)20(13)21(24)14-8-9-15(22)17(12-14)25-2/h3-12H,22H2,1-2H3. The van der Waals surface area contributed by atoms with Crippen LogP contribution in [-0.2, 0) is 0 Å². The zero-order chi connectivity index (χ0) is 18.3. The minimum absolute atomic E-state index is 0.0511. The van der Waals surface area contributed by atoms with Gasteiger partial charge in [0.25, 0.3) is 0 Å². The number of nitrogens with zero attached hydrogens (tertiary/aromatic N) is 1. The summed E-state index contributed by atoms with van der Waals surface area (Å²) in [5, 5.41) is 2.05. The first-order valence-electron chi connectivity index (χ1n) is 8.23. The first-order chi connectivity index (χ1) is 12.6. The Morgan fingerprint density at radius 2 is 2.00 bits per heavy atom. The van der Waals surface area contributed by atoms with Gasteiger partial charge in [0.1, 0.15) is 5.75 Å². The molecule has 0 radical (unpaired) electrons. The van der Waals surface area contributed by atoms with Gasteiger partial charge in [-0.1, -0.05) is 12.1 Å². The number of nitrogens with two attached hydrogens (primary N) is 1. The van der Waals surface area contributed by atoms with E-state index in [4.69, 9.17) is 10.5 Å². The van der Waals surface area contributed by atoms with Crippen molar-refractivity contribution in [1.29, 1.82) is 0 Å². The van der Waals surface area contributed by atoms with Crippen molar-refractivity contribution in [3.8, 4) is 16.2 Å². The van der Waals surface area contributed by atoms with Crippen LogP contribution in [0.4, 0.5) is 5.69 Å². The van der Waals surface area contributed by atoms with Crippen LogP contribution in [0.2, 0.25) is 0 Å². The topological polar surface area (TPSA) is 56.7 Å². The van der Waals surface area contributed by atoms with E-state index in [1.54, 1.807) is 36.6 Å². The number of methoxy groups -OCH3 is 1. The highest BCUT2D eigenvalue weighted by molar-refractivity contribution is 7.13. The fraction of sp³-hybridized carbons (Fsp3) is 0.0952. The first kappa shape index (κ1) is 16.4. The molecule has 0 aliphatic heterocycles. The molecule has 1 aromatic carbocycles. The van der Waals surface area contributed by atoms with Gasteiger partial charge in [-0.25, -0.2) is 0 Å². The van der Waals surface area contributed by atoms with E-state index in [9.17, 15) is 4.79 Å². The predicted octanol–water partition coefficient (Wildman–Crippen LogP) is 4.80. The largest absolute Gasteiger partial charge is 0.495 e. The van der Waals surface area contributed by atoms with Gasteiger partial charge in [0.05, 0.1) is 24.0 Å². The molecule has 0 saturated carbocycles. The average Bonchev–Trinajstić information content (AvgIpc) is 3.26. The third-order valence-corrected chi connectivity index (χ3v) is 5.45. The first-order valence-corrected chi connectivity index (χ1v) is 9.11. The highest BCUT2D eigenvalue weighted by Gasteiger charge is 2.23. The van der Waals surface area contributed by atoms with Crippen LogP contribution in [0.5, 0.6) is 5.75 Å². The minimum atomic E-state index is -0.0511. The smallest absolute Gasteiger partial charge is 0.210 e. The Balaban J connectivity index is 1.95. The summed E-state index contributed by atoms with van der Waals surface area (Å²) in [5.41, 5.74) is 10.7. The number of benzene rings is 1. The molecule has 3 heterocycles. The molecule has 0 saturated heterocycles. The van der Waals surface area contributed by atoms with Gasteiger partial charge in [-0.3, -0.25) is 4.79 Å². The number of aromatic nitrogens is 1. The maximum absolute atomic E-state index is 13.3. The van der Waals surface area contributed by atoms with Gasteiger partial charge in [0.2, 0.25) is 5.78 Å². The molecular weight excluding hydrogens is 344 g/mol. The number of thiophene rings is 1. The number of pyridine rings is 1. The molecule has 2 N–H and O–H groups in total. The number of ether oxygens (including phenoxy) is 1. The molecule has 0 amide bonds. The van der Waals surface area contributed by atoms with E-state index in [-0.39, 0.29) is 5.78 Å². The van der Waals surface area contributed by atoms with Gasteiger partial charge in [0.15, 0.2) is 0 Å². The van der Waals surface area contributed by atoms with Crippen LogP contribution in [0.25, 0.3) is 16.0 Å². The Labute approximate surface area is 155 Å². The third kappa shape index (κ3) is 2.48. The molecule has 0 spiro atoms. The number of carbonyl (C=O) groups is 1. The Morgan fingerprint density at radius 3 is 2.73 bits per heavy atom. The fourth-order valence-corrected chi connectivity index (χ4v) is 4.17. The Hall–Kier alpha value is -3.05. The fourth-order valence-electron chi connectivity index (χ4n) is 3.33. The van der Waals surface area contributed by atoms with Crippen molar-refractivity contribution >= 4 is 28.3 Å². The normalized spacial score (nSPS) is 11.0. The number of nitrogen functional groups attached to an aromatic ring is 1. The number of rotatable bonds is 4. The molecule has 26 heavy (non-hydrogen) atoms. The quantitative estimate of drug-likeness (QED) is 0.419. The number of hydrogen-bond acceptors (Lipinski definition) is 4. The zero-order valence-electron chi connectivity index (χ0n) is 14.5. The highest BCUT2D eigenvalue weighted by atomic mass is 32.1. The van der Waals surface area contributed by atoms with E-state index < -0.39 is 0 Å². The van der Waals surface area contributed by atoms with Crippen molar-refractivity contribution < 1.29 is 9.53 Å². The monoisotopic (exact) mass is 362 g/mol. The third-order valence-electron chi connectivity index (χ3n) is 4.57. The summed E-state index contributed by atoms with van der Waals surface area (Å²) < 4.78 is 7.24. The maximum atomic E-state index is 13.3. The predicted molar refractivity (Wildman–Crippen MR) is 106 cm³/mol. The second-order valence-electron chi connectivity index (χ2n) is 6.07. The minimum Gasteiger partial charge on any atom is -0.495 e. The number of hydrogen-bond donors (Lipinski definition) is 1. The van der Waals surface area contributed by atoms with E-state index >= 15 is 0 Å². The van der Waals surface area contributed by atoms with Crippen molar-refractivity contribution in [3.63, 3.8) is 0 Å². The lowest BCUT2D eigenvalue weighted by atomic mass is 10.0. The van der Waals surface area contributed by atoms with Crippen molar-refractivity contribution in [3.05, 3.63) is 76.9 Å². The lowest BCUT2D eigenvalue weighted by Crippen LogP contribution is -2.07. The van der Waals surface area contributed by atoms with E-state index in [0.717, 1.165) is 21.5 Å². The SMILES string of the molecule is COc1cc(C(=O)c2c(C)c(-c3cccs3)c3ccccn23)ccc1N. The summed E-state index contributed by atoms with van der Waals surface area (Å²) in [7, 11) is 1.55. The number of fused-ring (bicyclic) bond motifs is 1. The van der Waals surface area contributed by atoms with Crippen LogP contribution >= 0.6 is 11.3 Å². The van der Waals surface area contributed by atoms with Gasteiger partial charge < -0.3 is 14.9 Å². The number of carbonyl (C=O) groups excluding carboxylic acids is 1. The molecule has 3 aromatic heterocycles. The Kier molecular flexibility index (Phi) is 4.01. The maximum Gasteiger partial charge on any atom is 0.210 e. The highest BCUT2D eigenvalue weighted by Crippen LogP contribution is 2.36. The van der Waals surface area contributed by atoms with E-state index in [0.29, 0.717) is 22.7 Å². The molecule has 5 heteroatoms. The molecule has 4 rings (SSSR count). The zero-order valence-corrected chi connectivity index (χ0v) is 15.3. The van der Waals surface area contributed by atoms with Crippen molar-refractivity contribution in [1.82, 2.24) is 4.40 Å². The van der Waals surface area contributed by atoms with Gasteiger partial charge in [0, 0.05) is 22.2 Å². The summed E-state index contributed by atoms with van der Waals surface area (Å²) in [6.07, 6.45) is 1.93. The molecule has 0 fully saturated rings. The molecule has 4 aromatic rings. The molecule has 4 nitrogen and oxygen atoms in total. The van der Waals surface area contributed by atoms with Crippen LogP contribution in [-0.4, -0.2) is 17.3 Å². The molecule has 130 valence electrons. The van der Waals surface area contributed by atoms with E-state index in [2.05, 4.69) is 6.07 Å². The molecule has 0 aliphatic rings. The van der Waals surface area contributed by atoms with Crippen molar-refractivity contribution in [2.75, 3.05) is 12.8 Å². The molecule has 0 bridgehead atoms. The molecule has 0 atom stereocenters. The van der Waals surface area contributed by atoms with Crippen molar-refractivity contribution in [2.45, 2.75) is 6.92 Å². The van der Waals surface area contributed by atoms with Crippen LogP contribution in [0, 0.1) is 6.92 Å². The molecular formula is C21H18N2O2S. The van der Waals surface area contributed by atoms with E-state index in [1.165, 1.54) is 0 Å². The van der Waals surface area contributed by atoms with Gasteiger partial charge >= 0.3 is 0 Å². The summed E-state index contributed by atoms with van der Waals surface area (Å²) in [4.78, 5) is 14.5. The summed E-state index contributed by atoms with van der Waals surface area (Å²) >= 11 is 1.67. The second-order valence-corrected chi connectivity index (χ2v) is 7.02. The lowest BCUT2D eigenvalue weighted by molar-refractivity contribution is 0.103. The van der Waals surface area contributed by atoms with Gasteiger partial charge in [-0.2, -0.15) is 0 Å². The molecule has 0 unspecified atom stereocenters. The van der Waals surface area contributed by atoms with Crippen LogP contribution in [0.15, 0.2) is 60.1 Å². The summed E-state index contributed by atoms with van der Waals surface area (Å²) in [6, 6.07) is 15.2. The second kappa shape index (κ2) is 6.35. The lowest BCUT2D eigenvalue weighted by Gasteiger charge is -2.08. The van der Waals surface area contributed by atoms with Crippen LogP contribution in [0.3, 0.4) is 0 Å². The van der Waals surface area contributed by atoms with Gasteiger partial charge in [-0.15, -0.1) is 11.3 Å². The Morgan fingerprint density at radius 1 is 1.15 bits per heavy atom. The van der Waals surface area contributed by atoms with Crippen LogP contribution in [0.1, 0.15) is 21.6 Å². The summed E-state index contributed by atoms with van der Waals surface area (Å²) in [5.74, 6) is 0.456. The number of ketones is 1. The van der Waals surface area contributed by atoms with Gasteiger partial charge in [-0.05, 0) is 54.3 Å². The van der Waals surface area contributed by atoms with Crippen LogP contribution < -0.4 is 10.5 Å². The van der Waals surface area contributed by atoms with Crippen molar-refractivity contribution in [2.24, 2.45) is 0 Å². The van der Waals surface area contributed by atoms with E-state index in [1.807, 2.05) is 47.2 Å². The average molecular weight is 362 g/mol. The summed E-state index contributed by atoms with van der Waals surface area (Å²) in [6.45, 7) is 2.00.